The Morgan fingerprint density at radius 1 is 1.16 bits per heavy atom. The molecule has 1 aromatic heterocycles. The van der Waals surface area contributed by atoms with Crippen molar-refractivity contribution in [2.75, 3.05) is 7.11 Å². The van der Waals surface area contributed by atoms with E-state index in [2.05, 4.69) is 20.7 Å². The average Bonchev–Trinajstić information content (AvgIpc) is 2.78. The standard InChI is InChI=1S/C21H21N5O5/c1-30-18-11-15(7-9-17(18)31-13-14-5-3-2-4-6-14)12-22-25-19(27)10-8-16-20(28)23-21(29)26-24-16/h2-7,9,11-12H,8,10,13H2,1H3,(H,25,27)(H2,23,26,28,29)/b22-12-. The molecule has 0 spiro atoms. The summed E-state index contributed by atoms with van der Waals surface area (Å²) in [5, 5.41) is 9.64. The summed E-state index contributed by atoms with van der Waals surface area (Å²) in [6.45, 7) is 0.410. The largest absolute Gasteiger partial charge is 0.493 e. The smallest absolute Gasteiger partial charge is 0.342 e. The van der Waals surface area contributed by atoms with Gasteiger partial charge in [-0.3, -0.25) is 14.6 Å². The molecule has 0 atom stereocenters. The lowest BCUT2D eigenvalue weighted by Gasteiger charge is -2.11. The van der Waals surface area contributed by atoms with Crippen LogP contribution in [0.25, 0.3) is 0 Å². The molecule has 2 aromatic carbocycles. The second-order valence-electron chi connectivity index (χ2n) is 6.43. The molecule has 0 aliphatic rings. The van der Waals surface area contributed by atoms with Crippen molar-refractivity contribution in [2.24, 2.45) is 5.10 Å². The van der Waals surface area contributed by atoms with E-state index in [9.17, 15) is 14.4 Å². The highest BCUT2D eigenvalue weighted by atomic mass is 16.5. The fraction of sp³-hybridized carbons (Fsp3) is 0.190. The van der Waals surface area contributed by atoms with Gasteiger partial charge in [-0.25, -0.2) is 15.3 Å². The second kappa shape index (κ2) is 10.5. The van der Waals surface area contributed by atoms with Crippen molar-refractivity contribution in [3.8, 4) is 11.5 Å². The van der Waals surface area contributed by atoms with E-state index in [1.54, 1.807) is 25.3 Å². The molecular formula is C21H21N5O5. The van der Waals surface area contributed by atoms with Crippen LogP contribution in [-0.4, -0.2) is 34.4 Å². The molecule has 3 aromatic rings. The van der Waals surface area contributed by atoms with Crippen molar-refractivity contribution in [3.05, 3.63) is 86.2 Å². The van der Waals surface area contributed by atoms with Gasteiger partial charge in [0.1, 0.15) is 12.3 Å². The van der Waals surface area contributed by atoms with E-state index in [4.69, 9.17) is 9.47 Å². The number of methoxy groups -OCH3 is 1. The SMILES string of the molecule is COc1cc(/C=N\NC(=O)CCc2n[nH]c(=O)[nH]c2=O)ccc1OCc1ccccc1. The predicted octanol–water partition coefficient (Wildman–Crippen LogP) is 1.13. The average molecular weight is 423 g/mol. The number of nitrogens with one attached hydrogen (secondary N) is 3. The van der Waals surface area contributed by atoms with E-state index < -0.39 is 17.2 Å². The number of ether oxygens (including phenoxy) is 2. The topological polar surface area (TPSA) is 139 Å². The lowest BCUT2D eigenvalue weighted by molar-refractivity contribution is -0.121. The van der Waals surface area contributed by atoms with Gasteiger partial charge in [-0.05, 0) is 29.3 Å². The summed E-state index contributed by atoms with van der Waals surface area (Å²) >= 11 is 0. The highest BCUT2D eigenvalue weighted by Gasteiger charge is 2.08. The summed E-state index contributed by atoms with van der Waals surface area (Å²) in [5.74, 6) is 0.721. The van der Waals surface area contributed by atoms with Gasteiger partial charge in [0.25, 0.3) is 5.56 Å². The first-order valence-corrected chi connectivity index (χ1v) is 9.39. The summed E-state index contributed by atoms with van der Waals surface area (Å²) in [5.41, 5.74) is 2.86. The molecule has 160 valence electrons. The molecule has 0 unspecified atom stereocenters. The third-order valence-corrected chi connectivity index (χ3v) is 4.20. The minimum Gasteiger partial charge on any atom is -0.493 e. The van der Waals surface area contributed by atoms with Crippen LogP contribution in [0.4, 0.5) is 0 Å². The van der Waals surface area contributed by atoms with E-state index in [1.165, 1.54) is 6.21 Å². The highest BCUT2D eigenvalue weighted by Crippen LogP contribution is 2.28. The van der Waals surface area contributed by atoms with E-state index in [1.807, 2.05) is 35.3 Å². The Bertz CT molecular complexity index is 1170. The van der Waals surface area contributed by atoms with Gasteiger partial charge >= 0.3 is 5.69 Å². The maximum atomic E-state index is 11.9. The number of aromatic amines is 2. The Morgan fingerprint density at radius 2 is 1.97 bits per heavy atom. The van der Waals surface area contributed by atoms with Crippen LogP contribution in [0.15, 0.2) is 63.2 Å². The van der Waals surface area contributed by atoms with Crippen LogP contribution in [0.2, 0.25) is 0 Å². The van der Waals surface area contributed by atoms with Crippen LogP contribution in [0.1, 0.15) is 23.2 Å². The van der Waals surface area contributed by atoms with Gasteiger partial charge in [-0.2, -0.15) is 10.2 Å². The number of hydrogen-bond acceptors (Lipinski definition) is 7. The fourth-order valence-corrected chi connectivity index (χ4v) is 2.63. The number of hydrogen-bond donors (Lipinski definition) is 3. The van der Waals surface area contributed by atoms with Gasteiger partial charge < -0.3 is 9.47 Å². The predicted molar refractivity (Wildman–Crippen MR) is 113 cm³/mol. The summed E-state index contributed by atoms with van der Waals surface area (Å²) in [6.07, 6.45) is 1.51. The van der Waals surface area contributed by atoms with Gasteiger partial charge in [0.2, 0.25) is 5.91 Å². The molecule has 0 aliphatic carbocycles. The molecule has 0 radical (unpaired) electrons. The number of rotatable bonds is 9. The summed E-state index contributed by atoms with van der Waals surface area (Å²) in [4.78, 5) is 36.4. The molecule has 31 heavy (non-hydrogen) atoms. The van der Waals surface area contributed by atoms with Gasteiger partial charge in [0, 0.05) is 12.8 Å². The Labute approximate surface area is 176 Å². The monoisotopic (exact) mass is 423 g/mol. The molecule has 1 amide bonds. The van der Waals surface area contributed by atoms with Gasteiger partial charge in [-0.1, -0.05) is 30.3 Å². The molecule has 10 heteroatoms. The summed E-state index contributed by atoms with van der Waals surface area (Å²) in [6, 6.07) is 15.1. The number of amides is 1. The molecule has 10 nitrogen and oxygen atoms in total. The number of aryl methyl sites for hydroxylation is 1. The van der Waals surface area contributed by atoms with Crippen LogP contribution in [0, 0.1) is 0 Å². The fourth-order valence-electron chi connectivity index (χ4n) is 2.63. The zero-order chi connectivity index (χ0) is 22.1. The Hall–Kier alpha value is -4.21. The molecule has 0 saturated carbocycles. The molecule has 0 fully saturated rings. The Balaban J connectivity index is 1.53. The lowest BCUT2D eigenvalue weighted by atomic mass is 10.2. The molecule has 0 aliphatic heterocycles. The Morgan fingerprint density at radius 3 is 2.71 bits per heavy atom. The van der Waals surface area contributed by atoms with E-state index in [-0.39, 0.29) is 18.5 Å². The number of nitrogens with zero attached hydrogens (tertiary/aromatic N) is 2. The van der Waals surface area contributed by atoms with Crippen LogP contribution in [0.5, 0.6) is 11.5 Å². The zero-order valence-corrected chi connectivity index (χ0v) is 16.8. The number of carbonyl (C=O) groups is 1. The van der Waals surface area contributed by atoms with Crippen molar-refractivity contribution in [2.45, 2.75) is 19.4 Å². The first kappa shape index (κ1) is 21.5. The number of H-pyrrole nitrogens is 2. The van der Waals surface area contributed by atoms with Gasteiger partial charge in [0.05, 0.1) is 13.3 Å². The van der Waals surface area contributed by atoms with Gasteiger partial charge in [0.15, 0.2) is 11.5 Å². The summed E-state index contributed by atoms with van der Waals surface area (Å²) < 4.78 is 11.2. The van der Waals surface area contributed by atoms with E-state index >= 15 is 0 Å². The van der Waals surface area contributed by atoms with Crippen molar-refractivity contribution in [1.82, 2.24) is 20.6 Å². The maximum absolute atomic E-state index is 11.9. The number of carbonyl (C=O) groups excluding carboxylic acids is 1. The number of hydrazone groups is 1. The van der Waals surface area contributed by atoms with Gasteiger partial charge in [-0.15, -0.1) is 0 Å². The number of aromatic nitrogens is 3. The zero-order valence-electron chi connectivity index (χ0n) is 16.8. The lowest BCUT2D eigenvalue weighted by Crippen LogP contribution is -2.28. The van der Waals surface area contributed by atoms with Crippen LogP contribution >= 0.6 is 0 Å². The molecule has 0 saturated heterocycles. The number of benzene rings is 2. The molecule has 1 heterocycles. The highest BCUT2D eigenvalue weighted by molar-refractivity contribution is 5.83. The van der Waals surface area contributed by atoms with E-state index in [0.29, 0.717) is 23.7 Å². The summed E-state index contributed by atoms with van der Waals surface area (Å²) in [7, 11) is 1.54. The second-order valence-corrected chi connectivity index (χ2v) is 6.43. The molecule has 3 N–H and O–H groups in total. The van der Waals surface area contributed by atoms with Crippen molar-refractivity contribution in [3.63, 3.8) is 0 Å². The third kappa shape index (κ3) is 6.39. The maximum Gasteiger partial charge on any atom is 0.342 e. The van der Waals surface area contributed by atoms with Crippen molar-refractivity contribution < 1.29 is 14.3 Å². The van der Waals surface area contributed by atoms with E-state index in [0.717, 1.165) is 5.56 Å². The Kier molecular flexibility index (Phi) is 7.30. The third-order valence-electron chi connectivity index (χ3n) is 4.20. The van der Waals surface area contributed by atoms with Crippen molar-refractivity contribution in [1.29, 1.82) is 0 Å². The van der Waals surface area contributed by atoms with Crippen LogP contribution in [-0.2, 0) is 17.8 Å². The van der Waals surface area contributed by atoms with Crippen molar-refractivity contribution >= 4 is 12.1 Å². The first-order valence-electron chi connectivity index (χ1n) is 9.39. The first-order chi connectivity index (χ1) is 15.0. The molecular weight excluding hydrogens is 402 g/mol. The minimum absolute atomic E-state index is 0.0188. The van der Waals surface area contributed by atoms with Crippen LogP contribution < -0.4 is 26.1 Å². The molecule has 3 rings (SSSR count). The molecule has 0 bridgehead atoms. The van der Waals surface area contributed by atoms with Crippen LogP contribution in [0.3, 0.4) is 0 Å². The minimum atomic E-state index is -0.699. The quantitative estimate of drug-likeness (QED) is 0.348. The normalized spacial score (nSPS) is 10.7.